The molecule has 0 unspecified atom stereocenters. The van der Waals surface area contributed by atoms with Crippen molar-refractivity contribution in [3.05, 3.63) is 32.6 Å². The van der Waals surface area contributed by atoms with Gasteiger partial charge in [0, 0.05) is 11.8 Å². The van der Waals surface area contributed by atoms with Gasteiger partial charge in [-0.3, -0.25) is 14.3 Å². The average molecular weight is 419 g/mol. The minimum Gasteiger partial charge on any atom is -0.359 e. The van der Waals surface area contributed by atoms with Gasteiger partial charge in [0.2, 0.25) is 0 Å². The molecule has 0 spiro atoms. The number of halogens is 1. The molecular weight excluding hydrogens is 380 g/mol. The third-order valence-electron chi connectivity index (χ3n) is 5.32. The van der Waals surface area contributed by atoms with Crippen molar-refractivity contribution in [3.8, 4) is 0 Å². The molecule has 164 valence electrons. The molecule has 3 rings (SSSR count). The molecule has 0 saturated carbocycles. The first-order valence-corrected chi connectivity index (χ1v) is 9.97. The van der Waals surface area contributed by atoms with Crippen molar-refractivity contribution in [3.63, 3.8) is 0 Å². The maximum absolute atomic E-state index is 11.7. The predicted octanol–water partition coefficient (Wildman–Crippen LogP) is 4.84. The SMILES string of the molecule is C.C.CC[C@@H]1O[C@@H](Cl)C[C@H]1C.CC[C@@H]1O[C@H](n2cc(C)c(=O)[nH]c2=O)C[C@H]1C. The predicted molar refractivity (Wildman–Crippen MR) is 116 cm³/mol. The van der Waals surface area contributed by atoms with E-state index in [2.05, 4.69) is 32.7 Å². The first-order chi connectivity index (χ1) is 12.3. The zero-order chi connectivity index (χ0) is 19.4. The summed E-state index contributed by atoms with van der Waals surface area (Å²) in [4.78, 5) is 25.3. The highest BCUT2D eigenvalue weighted by molar-refractivity contribution is 6.19. The van der Waals surface area contributed by atoms with Gasteiger partial charge in [-0.1, -0.05) is 54.1 Å². The Morgan fingerprint density at radius 1 is 1.07 bits per heavy atom. The normalized spacial score (nSPS) is 31.4. The van der Waals surface area contributed by atoms with Crippen molar-refractivity contribution >= 4 is 11.6 Å². The number of hydrogen-bond acceptors (Lipinski definition) is 4. The Kier molecular flexibility index (Phi) is 11.3. The molecule has 2 fully saturated rings. The molecule has 1 aromatic heterocycles. The minimum atomic E-state index is -0.394. The van der Waals surface area contributed by atoms with E-state index in [4.69, 9.17) is 21.1 Å². The fourth-order valence-electron chi connectivity index (χ4n) is 3.66. The van der Waals surface area contributed by atoms with Crippen molar-refractivity contribution in [2.45, 2.75) is 99.2 Å². The van der Waals surface area contributed by atoms with Gasteiger partial charge in [0.25, 0.3) is 5.56 Å². The summed E-state index contributed by atoms with van der Waals surface area (Å²) in [6.45, 7) is 10.2. The molecule has 0 amide bonds. The first kappa shape index (κ1) is 26.9. The van der Waals surface area contributed by atoms with Gasteiger partial charge in [0.05, 0.1) is 12.2 Å². The van der Waals surface area contributed by atoms with Crippen molar-refractivity contribution in [2.24, 2.45) is 11.8 Å². The number of H-pyrrole nitrogens is 1. The Labute approximate surface area is 174 Å². The minimum absolute atomic E-state index is 0. The monoisotopic (exact) mass is 418 g/mol. The van der Waals surface area contributed by atoms with E-state index in [-0.39, 0.29) is 38.3 Å². The van der Waals surface area contributed by atoms with Crippen LogP contribution in [0.2, 0.25) is 0 Å². The number of nitrogens with zero attached hydrogens (tertiary/aromatic N) is 1. The Morgan fingerprint density at radius 3 is 2.04 bits per heavy atom. The van der Waals surface area contributed by atoms with E-state index in [1.165, 1.54) is 4.57 Å². The average Bonchev–Trinajstić information content (AvgIpc) is 3.12. The summed E-state index contributed by atoms with van der Waals surface area (Å²) in [5.41, 5.74) is -0.218. The third kappa shape index (κ3) is 6.46. The Hall–Kier alpha value is -1.11. The van der Waals surface area contributed by atoms with E-state index in [0.29, 0.717) is 23.5 Å². The zero-order valence-electron chi connectivity index (χ0n) is 16.3. The lowest BCUT2D eigenvalue weighted by Gasteiger charge is -2.15. The summed E-state index contributed by atoms with van der Waals surface area (Å²) >= 11 is 5.76. The van der Waals surface area contributed by atoms with E-state index >= 15 is 0 Å². The molecule has 0 aromatic carbocycles. The van der Waals surface area contributed by atoms with Gasteiger partial charge >= 0.3 is 5.69 Å². The molecule has 6 nitrogen and oxygen atoms in total. The fraction of sp³-hybridized carbons (Fsp3) is 0.810. The molecule has 1 N–H and O–H groups in total. The van der Waals surface area contributed by atoms with Crippen LogP contribution in [-0.4, -0.2) is 27.3 Å². The van der Waals surface area contributed by atoms with E-state index in [0.717, 1.165) is 25.7 Å². The number of aromatic amines is 1. The summed E-state index contributed by atoms with van der Waals surface area (Å²) < 4.78 is 12.7. The summed E-state index contributed by atoms with van der Waals surface area (Å²) in [5, 5.41) is 0. The Bertz CT molecular complexity index is 702. The van der Waals surface area contributed by atoms with Crippen LogP contribution in [0.4, 0.5) is 0 Å². The lowest BCUT2D eigenvalue weighted by atomic mass is 10.0. The highest BCUT2D eigenvalue weighted by Gasteiger charge is 2.32. The largest absolute Gasteiger partial charge is 0.359 e. The summed E-state index contributed by atoms with van der Waals surface area (Å²) in [7, 11) is 0. The number of alkyl halides is 1. The Balaban J connectivity index is 0.000000570. The van der Waals surface area contributed by atoms with Crippen molar-refractivity contribution in [1.29, 1.82) is 0 Å². The second-order valence-corrected chi connectivity index (χ2v) is 7.92. The van der Waals surface area contributed by atoms with Crippen LogP contribution >= 0.6 is 11.6 Å². The van der Waals surface area contributed by atoms with E-state index < -0.39 is 5.69 Å². The summed E-state index contributed by atoms with van der Waals surface area (Å²) in [6, 6.07) is 0. The van der Waals surface area contributed by atoms with Gasteiger partial charge in [-0.05, 0) is 44.4 Å². The number of hydrogen-bond donors (Lipinski definition) is 1. The van der Waals surface area contributed by atoms with Crippen molar-refractivity contribution < 1.29 is 9.47 Å². The standard InChI is InChI=1S/C12H18N2O3.C7H13ClO.2CH4/c1-4-9-7(2)5-10(17-9)14-6-8(3)11(15)13-12(14)16;1-3-6-5(2)4-7(8)9-6;;/h6-7,9-10H,4-5H2,1-3H3,(H,13,15,16);5-7H,3-4H2,1-2H3;2*1H4/t7-,9+,10+;5-,6+,7-;;/m11../s1. The fourth-order valence-corrected chi connectivity index (χ4v) is 4.07. The molecule has 0 radical (unpaired) electrons. The molecule has 2 saturated heterocycles. The first-order valence-electron chi connectivity index (χ1n) is 9.53. The van der Waals surface area contributed by atoms with Crippen LogP contribution in [0.3, 0.4) is 0 Å². The number of rotatable bonds is 3. The van der Waals surface area contributed by atoms with Crippen LogP contribution in [0.1, 0.15) is 80.0 Å². The van der Waals surface area contributed by atoms with Crippen LogP contribution in [0.5, 0.6) is 0 Å². The molecular formula is C21H39ClN2O4. The summed E-state index contributed by atoms with van der Waals surface area (Å²) in [5.74, 6) is 1.08. The van der Waals surface area contributed by atoms with Gasteiger partial charge < -0.3 is 9.47 Å². The maximum Gasteiger partial charge on any atom is 0.330 e. The number of aromatic nitrogens is 2. The van der Waals surface area contributed by atoms with Gasteiger partial charge in [0.15, 0.2) is 0 Å². The maximum atomic E-state index is 11.7. The smallest absolute Gasteiger partial charge is 0.330 e. The summed E-state index contributed by atoms with van der Waals surface area (Å²) in [6.07, 6.45) is 5.78. The van der Waals surface area contributed by atoms with Crippen LogP contribution in [0, 0.1) is 18.8 Å². The van der Waals surface area contributed by atoms with E-state index in [9.17, 15) is 9.59 Å². The number of aryl methyl sites for hydroxylation is 1. The van der Waals surface area contributed by atoms with Gasteiger partial charge in [-0.15, -0.1) is 0 Å². The third-order valence-corrected chi connectivity index (χ3v) is 5.60. The highest BCUT2D eigenvalue weighted by Crippen LogP contribution is 2.33. The number of nitrogens with one attached hydrogen (secondary N) is 1. The van der Waals surface area contributed by atoms with Crippen LogP contribution < -0.4 is 11.2 Å². The van der Waals surface area contributed by atoms with Crippen LogP contribution in [-0.2, 0) is 9.47 Å². The number of ether oxygens (including phenoxy) is 2. The Morgan fingerprint density at radius 2 is 1.61 bits per heavy atom. The van der Waals surface area contributed by atoms with Crippen LogP contribution in [0.15, 0.2) is 15.8 Å². The second-order valence-electron chi connectivity index (χ2n) is 7.43. The molecule has 2 aliphatic rings. The molecule has 1 aromatic rings. The molecule has 6 atom stereocenters. The van der Waals surface area contributed by atoms with E-state index in [1.54, 1.807) is 13.1 Å². The topological polar surface area (TPSA) is 73.3 Å². The highest BCUT2D eigenvalue weighted by atomic mass is 35.5. The second kappa shape index (κ2) is 11.8. The van der Waals surface area contributed by atoms with Crippen molar-refractivity contribution in [1.82, 2.24) is 9.55 Å². The van der Waals surface area contributed by atoms with Gasteiger partial charge in [-0.2, -0.15) is 0 Å². The zero-order valence-corrected chi connectivity index (χ0v) is 17.1. The van der Waals surface area contributed by atoms with Crippen LogP contribution in [0.25, 0.3) is 0 Å². The molecule has 28 heavy (non-hydrogen) atoms. The van der Waals surface area contributed by atoms with Gasteiger partial charge in [-0.25, -0.2) is 4.79 Å². The van der Waals surface area contributed by atoms with E-state index in [1.807, 2.05) is 0 Å². The van der Waals surface area contributed by atoms with Crippen molar-refractivity contribution in [2.75, 3.05) is 0 Å². The lowest BCUT2D eigenvalue weighted by Crippen LogP contribution is -2.33. The molecule has 0 bridgehead atoms. The molecule has 3 heterocycles. The molecule has 0 aliphatic carbocycles. The lowest BCUT2D eigenvalue weighted by molar-refractivity contribution is -0.00768. The molecule has 7 heteroatoms. The van der Waals surface area contributed by atoms with Gasteiger partial charge in [0.1, 0.15) is 11.8 Å². The molecule has 2 aliphatic heterocycles. The quantitative estimate of drug-likeness (QED) is 0.713.